The van der Waals surface area contributed by atoms with Crippen LogP contribution in [-0.2, 0) is 9.53 Å². The molecule has 6 nitrogen and oxygen atoms in total. The minimum Gasteiger partial charge on any atom is -0.378 e. The monoisotopic (exact) mass is 265 g/mol. The molecule has 0 saturated carbocycles. The third-order valence-electron chi connectivity index (χ3n) is 2.24. The third-order valence-corrected chi connectivity index (χ3v) is 2.24. The number of hydrogen-bond acceptors (Lipinski definition) is 4. The van der Waals surface area contributed by atoms with Crippen LogP contribution in [0.3, 0.4) is 0 Å². The van der Waals surface area contributed by atoms with E-state index in [1.807, 2.05) is 0 Å². The molecule has 0 unspecified atom stereocenters. The van der Waals surface area contributed by atoms with Gasteiger partial charge < -0.3 is 21.1 Å². The van der Waals surface area contributed by atoms with Crippen LogP contribution < -0.4 is 16.4 Å². The highest BCUT2D eigenvalue weighted by Crippen LogP contribution is 2.10. The van der Waals surface area contributed by atoms with Crippen molar-refractivity contribution >= 4 is 17.5 Å². The van der Waals surface area contributed by atoms with E-state index in [0.29, 0.717) is 37.6 Å². The van der Waals surface area contributed by atoms with E-state index in [2.05, 4.69) is 10.6 Å². The summed E-state index contributed by atoms with van der Waals surface area (Å²) in [5, 5.41) is 5.35. The number of anilines is 1. The standard InChI is InChI=1S/C13H19N3O3/c1-10(17)16-12-4-2-3-11(9-12)13(18)15-6-8-19-7-5-14/h2-4,9H,5-8,14H2,1H3,(H,15,18)(H,16,17). The van der Waals surface area contributed by atoms with E-state index in [1.54, 1.807) is 24.3 Å². The first-order valence-corrected chi connectivity index (χ1v) is 6.07. The number of hydrogen-bond donors (Lipinski definition) is 3. The molecule has 19 heavy (non-hydrogen) atoms. The van der Waals surface area contributed by atoms with Crippen molar-refractivity contribution in [3.8, 4) is 0 Å². The third kappa shape index (κ3) is 5.98. The average Bonchev–Trinajstić information content (AvgIpc) is 2.38. The molecular formula is C13H19N3O3. The number of ether oxygens (including phenoxy) is 1. The lowest BCUT2D eigenvalue weighted by atomic mass is 10.2. The van der Waals surface area contributed by atoms with Crippen LogP contribution in [0, 0.1) is 0 Å². The van der Waals surface area contributed by atoms with Gasteiger partial charge in [-0.1, -0.05) is 6.07 Å². The second-order valence-corrected chi connectivity index (χ2v) is 3.92. The molecular weight excluding hydrogens is 246 g/mol. The molecule has 0 radical (unpaired) electrons. The molecule has 4 N–H and O–H groups in total. The molecule has 1 rings (SSSR count). The van der Waals surface area contributed by atoms with Crippen LogP contribution in [0.2, 0.25) is 0 Å². The van der Waals surface area contributed by atoms with E-state index in [9.17, 15) is 9.59 Å². The zero-order chi connectivity index (χ0) is 14.1. The van der Waals surface area contributed by atoms with Crippen LogP contribution in [-0.4, -0.2) is 38.1 Å². The Bertz CT molecular complexity index is 435. The van der Waals surface area contributed by atoms with Gasteiger partial charge in [0.05, 0.1) is 13.2 Å². The lowest BCUT2D eigenvalue weighted by molar-refractivity contribution is -0.114. The second-order valence-electron chi connectivity index (χ2n) is 3.92. The predicted molar refractivity (Wildman–Crippen MR) is 73.0 cm³/mol. The molecule has 0 aliphatic rings. The number of nitrogens with two attached hydrogens (primary N) is 1. The summed E-state index contributed by atoms with van der Waals surface area (Å²) in [7, 11) is 0. The normalized spacial score (nSPS) is 10.0. The molecule has 0 aliphatic heterocycles. The van der Waals surface area contributed by atoms with Gasteiger partial charge in [0.15, 0.2) is 0 Å². The summed E-state index contributed by atoms with van der Waals surface area (Å²) in [6.45, 7) is 3.21. The highest BCUT2D eigenvalue weighted by molar-refractivity contribution is 5.96. The lowest BCUT2D eigenvalue weighted by Gasteiger charge is -2.07. The van der Waals surface area contributed by atoms with Gasteiger partial charge in [-0.05, 0) is 18.2 Å². The van der Waals surface area contributed by atoms with Crippen molar-refractivity contribution in [3.63, 3.8) is 0 Å². The topological polar surface area (TPSA) is 93.5 Å². The summed E-state index contributed by atoms with van der Waals surface area (Å²) in [5.74, 6) is -0.378. The first-order chi connectivity index (χ1) is 9.13. The van der Waals surface area contributed by atoms with E-state index in [1.165, 1.54) is 6.92 Å². The van der Waals surface area contributed by atoms with Crippen LogP contribution in [0.4, 0.5) is 5.69 Å². The summed E-state index contributed by atoms with van der Waals surface area (Å²) >= 11 is 0. The smallest absolute Gasteiger partial charge is 0.251 e. The maximum atomic E-state index is 11.8. The largest absolute Gasteiger partial charge is 0.378 e. The lowest BCUT2D eigenvalue weighted by Crippen LogP contribution is -2.28. The summed E-state index contributed by atoms with van der Waals surface area (Å²) in [5.41, 5.74) is 6.36. The molecule has 0 aliphatic carbocycles. The molecule has 0 bridgehead atoms. The van der Waals surface area contributed by atoms with Crippen LogP contribution in [0.5, 0.6) is 0 Å². The van der Waals surface area contributed by atoms with E-state index in [4.69, 9.17) is 10.5 Å². The van der Waals surface area contributed by atoms with Gasteiger partial charge in [-0.3, -0.25) is 9.59 Å². The fourth-order valence-electron chi connectivity index (χ4n) is 1.47. The maximum Gasteiger partial charge on any atom is 0.251 e. The maximum absolute atomic E-state index is 11.8. The predicted octanol–water partition coefficient (Wildman–Crippen LogP) is 0.350. The Morgan fingerprint density at radius 2 is 2.11 bits per heavy atom. The highest BCUT2D eigenvalue weighted by atomic mass is 16.5. The van der Waals surface area contributed by atoms with Gasteiger partial charge in [0.2, 0.25) is 5.91 Å². The van der Waals surface area contributed by atoms with Crippen LogP contribution in [0.15, 0.2) is 24.3 Å². The molecule has 1 aromatic rings. The zero-order valence-corrected chi connectivity index (χ0v) is 10.9. The van der Waals surface area contributed by atoms with Gasteiger partial charge in [-0.25, -0.2) is 0 Å². The number of carbonyl (C=O) groups is 2. The summed E-state index contributed by atoms with van der Waals surface area (Å²) in [6.07, 6.45) is 0. The molecule has 0 spiro atoms. The SMILES string of the molecule is CC(=O)Nc1cccc(C(=O)NCCOCCN)c1. The van der Waals surface area contributed by atoms with E-state index in [-0.39, 0.29) is 11.8 Å². The first kappa shape index (κ1) is 15.1. The molecule has 0 aromatic heterocycles. The molecule has 104 valence electrons. The minimum atomic E-state index is -0.205. The Morgan fingerprint density at radius 1 is 1.32 bits per heavy atom. The summed E-state index contributed by atoms with van der Waals surface area (Å²) < 4.78 is 5.15. The van der Waals surface area contributed by atoms with Gasteiger partial charge in [-0.15, -0.1) is 0 Å². The number of carbonyl (C=O) groups excluding carboxylic acids is 2. The van der Waals surface area contributed by atoms with Gasteiger partial charge in [0, 0.05) is 31.3 Å². The minimum absolute atomic E-state index is 0.173. The van der Waals surface area contributed by atoms with Gasteiger partial charge in [0.1, 0.15) is 0 Å². The van der Waals surface area contributed by atoms with Crippen molar-refractivity contribution in [2.24, 2.45) is 5.73 Å². The van der Waals surface area contributed by atoms with Crippen molar-refractivity contribution in [3.05, 3.63) is 29.8 Å². The van der Waals surface area contributed by atoms with Crippen LogP contribution in [0.25, 0.3) is 0 Å². The van der Waals surface area contributed by atoms with Crippen LogP contribution >= 0.6 is 0 Å². The number of nitrogens with one attached hydrogen (secondary N) is 2. The van der Waals surface area contributed by atoms with E-state index >= 15 is 0 Å². The Kier molecular flexibility index (Phi) is 6.56. The molecule has 0 heterocycles. The van der Waals surface area contributed by atoms with Crippen molar-refractivity contribution in [2.45, 2.75) is 6.92 Å². The van der Waals surface area contributed by atoms with E-state index in [0.717, 1.165) is 0 Å². The number of rotatable bonds is 7. The van der Waals surface area contributed by atoms with Crippen molar-refractivity contribution in [1.82, 2.24) is 5.32 Å². The molecule has 6 heteroatoms. The Balaban J connectivity index is 2.45. The van der Waals surface area contributed by atoms with Crippen LogP contribution in [0.1, 0.15) is 17.3 Å². The molecule has 1 aromatic carbocycles. The van der Waals surface area contributed by atoms with Gasteiger partial charge >= 0.3 is 0 Å². The van der Waals surface area contributed by atoms with Gasteiger partial charge in [-0.2, -0.15) is 0 Å². The van der Waals surface area contributed by atoms with Crippen molar-refractivity contribution in [2.75, 3.05) is 31.6 Å². The molecule has 2 amide bonds. The quantitative estimate of drug-likeness (QED) is 0.620. The van der Waals surface area contributed by atoms with E-state index < -0.39 is 0 Å². The number of amides is 2. The average molecular weight is 265 g/mol. The first-order valence-electron chi connectivity index (χ1n) is 6.07. The van der Waals surface area contributed by atoms with Crippen molar-refractivity contribution in [1.29, 1.82) is 0 Å². The second kappa shape index (κ2) is 8.23. The molecule has 0 saturated heterocycles. The van der Waals surface area contributed by atoms with Crippen molar-refractivity contribution < 1.29 is 14.3 Å². The fourth-order valence-corrected chi connectivity index (χ4v) is 1.47. The molecule has 0 fully saturated rings. The summed E-state index contributed by atoms with van der Waals surface area (Å²) in [6, 6.07) is 6.74. The Labute approximate surface area is 112 Å². The zero-order valence-electron chi connectivity index (χ0n) is 10.9. The Morgan fingerprint density at radius 3 is 2.79 bits per heavy atom. The molecule has 0 atom stereocenters. The highest BCUT2D eigenvalue weighted by Gasteiger charge is 2.05. The Hall–Kier alpha value is -1.92. The fraction of sp³-hybridized carbons (Fsp3) is 0.385. The number of benzene rings is 1. The van der Waals surface area contributed by atoms with Gasteiger partial charge in [0.25, 0.3) is 5.91 Å². The summed E-state index contributed by atoms with van der Waals surface area (Å²) in [4.78, 5) is 22.7.